The van der Waals surface area contributed by atoms with Crippen molar-refractivity contribution >= 4 is 11.6 Å². The normalized spacial score (nSPS) is 11.7. The summed E-state index contributed by atoms with van der Waals surface area (Å²) in [6.07, 6.45) is -3.01. The molecule has 3 aromatic rings. The van der Waals surface area contributed by atoms with Gasteiger partial charge in [0.25, 0.3) is 0 Å². The van der Waals surface area contributed by atoms with Crippen LogP contribution in [-0.4, -0.2) is 28.9 Å². The molecule has 0 saturated carbocycles. The van der Waals surface area contributed by atoms with E-state index in [2.05, 4.69) is 10.3 Å². The predicted molar refractivity (Wildman–Crippen MR) is 112 cm³/mol. The molecule has 3 rings (SSSR count). The lowest BCUT2D eigenvalue weighted by atomic mass is 10.1. The molecule has 1 aromatic heterocycles. The van der Waals surface area contributed by atoms with Crippen LogP contribution in [0.25, 0.3) is 11.5 Å². The van der Waals surface area contributed by atoms with Gasteiger partial charge in [-0.3, -0.25) is 9.69 Å². The lowest BCUT2D eigenvalue weighted by molar-refractivity contribution is -0.137. The fraction of sp³-hybridized carbons (Fsp3) is 0.304. The van der Waals surface area contributed by atoms with Crippen molar-refractivity contribution in [2.45, 2.75) is 33.5 Å². The minimum atomic E-state index is -4.54. The van der Waals surface area contributed by atoms with E-state index in [4.69, 9.17) is 4.42 Å². The standard InChI is InChI=1S/C23H24F3N3O2/c1-4-29(13-21(30)28-20-8-6-5-7-19(20)23(24,25)26)12-17-14-31-22(27-17)18-10-9-15(2)11-16(18)3/h5-11,14H,4,12-13H2,1-3H3,(H,28,30). The van der Waals surface area contributed by atoms with Gasteiger partial charge < -0.3 is 9.73 Å². The Morgan fingerprint density at radius 2 is 1.90 bits per heavy atom. The maximum atomic E-state index is 13.1. The Hall–Kier alpha value is -3.13. The third kappa shape index (κ3) is 5.73. The number of nitrogens with zero attached hydrogens (tertiary/aromatic N) is 2. The maximum Gasteiger partial charge on any atom is 0.418 e. The summed E-state index contributed by atoms with van der Waals surface area (Å²) in [6, 6.07) is 10.9. The maximum absolute atomic E-state index is 13.1. The highest BCUT2D eigenvalue weighted by Gasteiger charge is 2.33. The van der Waals surface area contributed by atoms with E-state index in [1.165, 1.54) is 24.5 Å². The molecule has 0 bridgehead atoms. The lowest BCUT2D eigenvalue weighted by Gasteiger charge is -2.19. The summed E-state index contributed by atoms with van der Waals surface area (Å²) in [6.45, 7) is 6.62. The van der Waals surface area contributed by atoms with Gasteiger partial charge in [0.05, 0.1) is 23.5 Å². The van der Waals surface area contributed by atoms with Gasteiger partial charge in [0.15, 0.2) is 0 Å². The molecule has 1 amide bonds. The number of carbonyl (C=O) groups excluding carboxylic acids is 1. The fourth-order valence-electron chi connectivity index (χ4n) is 3.30. The van der Waals surface area contributed by atoms with Crippen molar-refractivity contribution in [1.82, 2.24) is 9.88 Å². The van der Waals surface area contributed by atoms with Gasteiger partial charge in [-0.2, -0.15) is 13.2 Å². The highest BCUT2D eigenvalue weighted by molar-refractivity contribution is 5.93. The number of aryl methyl sites for hydroxylation is 2. The number of amides is 1. The second-order valence-electron chi connectivity index (χ2n) is 7.36. The second-order valence-corrected chi connectivity index (χ2v) is 7.36. The molecule has 0 saturated heterocycles. The molecule has 2 aromatic carbocycles. The third-order valence-electron chi connectivity index (χ3n) is 4.87. The Labute approximate surface area is 178 Å². The first-order valence-corrected chi connectivity index (χ1v) is 9.88. The number of hydrogen-bond donors (Lipinski definition) is 1. The van der Waals surface area contributed by atoms with Crippen molar-refractivity contribution < 1.29 is 22.4 Å². The topological polar surface area (TPSA) is 58.4 Å². The van der Waals surface area contributed by atoms with E-state index in [0.29, 0.717) is 24.7 Å². The molecule has 0 radical (unpaired) electrons. The molecule has 0 unspecified atom stereocenters. The van der Waals surface area contributed by atoms with Crippen molar-refractivity contribution in [1.29, 1.82) is 0 Å². The molecule has 0 fully saturated rings. The number of aromatic nitrogens is 1. The molecular formula is C23H24F3N3O2. The van der Waals surface area contributed by atoms with E-state index in [-0.39, 0.29) is 12.2 Å². The number of anilines is 1. The molecule has 31 heavy (non-hydrogen) atoms. The number of alkyl halides is 3. The van der Waals surface area contributed by atoms with E-state index in [1.807, 2.05) is 39.0 Å². The minimum absolute atomic E-state index is 0.0750. The number of para-hydroxylation sites is 1. The molecule has 0 aliphatic rings. The Morgan fingerprint density at radius 3 is 2.58 bits per heavy atom. The number of likely N-dealkylation sites (N-methyl/N-ethyl adjacent to an activating group) is 1. The van der Waals surface area contributed by atoms with Crippen LogP contribution in [0.3, 0.4) is 0 Å². The molecule has 1 heterocycles. The first-order valence-electron chi connectivity index (χ1n) is 9.88. The monoisotopic (exact) mass is 431 g/mol. The van der Waals surface area contributed by atoms with Gasteiger partial charge >= 0.3 is 6.18 Å². The van der Waals surface area contributed by atoms with Crippen LogP contribution < -0.4 is 5.32 Å². The Balaban J connectivity index is 1.66. The number of benzene rings is 2. The summed E-state index contributed by atoms with van der Waals surface area (Å²) >= 11 is 0. The van der Waals surface area contributed by atoms with Crippen LogP contribution >= 0.6 is 0 Å². The van der Waals surface area contributed by atoms with Crippen LogP contribution in [0.2, 0.25) is 0 Å². The van der Waals surface area contributed by atoms with Crippen LogP contribution in [0.15, 0.2) is 53.1 Å². The van der Waals surface area contributed by atoms with Gasteiger partial charge in [-0.1, -0.05) is 36.8 Å². The van der Waals surface area contributed by atoms with Crippen molar-refractivity contribution in [3.63, 3.8) is 0 Å². The predicted octanol–water partition coefficient (Wildman–Crippen LogP) is 5.44. The zero-order valence-corrected chi connectivity index (χ0v) is 17.6. The summed E-state index contributed by atoms with van der Waals surface area (Å²) in [5, 5.41) is 2.37. The Bertz CT molecular complexity index is 1060. The van der Waals surface area contributed by atoms with Crippen molar-refractivity contribution in [3.8, 4) is 11.5 Å². The van der Waals surface area contributed by atoms with Gasteiger partial charge in [0, 0.05) is 12.1 Å². The van der Waals surface area contributed by atoms with Gasteiger partial charge in [0.1, 0.15) is 6.26 Å². The van der Waals surface area contributed by atoms with E-state index in [9.17, 15) is 18.0 Å². The van der Waals surface area contributed by atoms with Crippen LogP contribution in [0.4, 0.5) is 18.9 Å². The highest BCUT2D eigenvalue weighted by Crippen LogP contribution is 2.34. The molecule has 1 N–H and O–H groups in total. The number of carbonyl (C=O) groups is 1. The fourth-order valence-corrected chi connectivity index (χ4v) is 3.30. The quantitative estimate of drug-likeness (QED) is 0.541. The number of halogens is 3. The number of hydrogen-bond acceptors (Lipinski definition) is 4. The lowest BCUT2D eigenvalue weighted by Crippen LogP contribution is -2.33. The minimum Gasteiger partial charge on any atom is -0.444 e. The van der Waals surface area contributed by atoms with Crippen LogP contribution in [-0.2, 0) is 17.5 Å². The average molecular weight is 431 g/mol. The summed E-state index contributed by atoms with van der Waals surface area (Å²) < 4.78 is 45.0. The van der Waals surface area contributed by atoms with Crippen molar-refractivity contribution in [3.05, 3.63) is 71.1 Å². The van der Waals surface area contributed by atoms with Crippen LogP contribution in [0.1, 0.15) is 29.3 Å². The van der Waals surface area contributed by atoms with Crippen molar-refractivity contribution in [2.75, 3.05) is 18.4 Å². The summed E-state index contributed by atoms with van der Waals surface area (Å²) in [5.74, 6) is -0.0382. The van der Waals surface area contributed by atoms with Gasteiger partial charge in [-0.25, -0.2) is 4.98 Å². The first kappa shape index (κ1) is 22.6. The molecule has 0 aliphatic heterocycles. The molecule has 164 valence electrons. The van der Waals surface area contributed by atoms with Crippen molar-refractivity contribution in [2.24, 2.45) is 0 Å². The summed E-state index contributed by atoms with van der Waals surface area (Å²) in [5.41, 5.74) is 2.59. The molecule has 0 atom stereocenters. The largest absolute Gasteiger partial charge is 0.444 e. The first-order chi connectivity index (χ1) is 14.7. The molecule has 5 nitrogen and oxygen atoms in total. The van der Waals surface area contributed by atoms with Crippen LogP contribution in [0, 0.1) is 13.8 Å². The summed E-state index contributed by atoms with van der Waals surface area (Å²) in [4.78, 5) is 18.7. The molecule has 8 heteroatoms. The highest BCUT2D eigenvalue weighted by atomic mass is 19.4. The SMILES string of the molecule is CCN(CC(=O)Nc1ccccc1C(F)(F)F)Cc1coc(-c2ccc(C)cc2C)n1. The average Bonchev–Trinajstić information content (AvgIpc) is 3.15. The number of oxazole rings is 1. The number of nitrogens with one attached hydrogen (secondary N) is 1. The number of rotatable bonds is 7. The third-order valence-corrected chi connectivity index (χ3v) is 4.87. The Kier molecular flexibility index (Phi) is 6.80. The van der Waals surface area contributed by atoms with Gasteiger partial charge in [-0.15, -0.1) is 0 Å². The molecular weight excluding hydrogens is 407 g/mol. The molecule has 0 spiro atoms. The second kappa shape index (κ2) is 9.34. The van der Waals surface area contributed by atoms with E-state index in [1.54, 1.807) is 4.90 Å². The molecule has 0 aliphatic carbocycles. The van der Waals surface area contributed by atoms with E-state index in [0.717, 1.165) is 22.8 Å². The smallest absolute Gasteiger partial charge is 0.418 e. The van der Waals surface area contributed by atoms with Gasteiger partial charge in [-0.05, 0) is 44.2 Å². The van der Waals surface area contributed by atoms with Gasteiger partial charge in [0.2, 0.25) is 11.8 Å². The zero-order chi connectivity index (χ0) is 22.6. The summed E-state index contributed by atoms with van der Waals surface area (Å²) in [7, 11) is 0. The van der Waals surface area contributed by atoms with E-state index >= 15 is 0 Å². The van der Waals surface area contributed by atoms with E-state index < -0.39 is 17.6 Å². The zero-order valence-electron chi connectivity index (χ0n) is 17.6. The Morgan fingerprint density at radius 1 is 1.16 bits per heavy atom. The van der Waals surface area contributed by atoms with Crippen LogP contribution in [0.5, 0.6) is 0 Å².